The molecule has 0 heterocycles. The third kappa shape index (κ3) is 7.11. The van der Waals surface area contributed by atoms with Crippen molar-refractivity contribution >= 4 is 24.5 Å². The topological polar surface area (TPSA) is 96.0 Å². The molecule has 0 radical (unpaired) electrons. The number of esters is 1. The number of rotatable bonds is 12. The van der Waals surface area contributed by atoms with Crippen LogP contribution in [0.2, 0.25) is 0 Å². The molecule has 1 rings (SSSR count). The Morgan fingerprint density at radius 2 is 1.85 bits per heavy atom. The zero-order valence-corrected chi connectivity index (χ0v) is 16.9. The van der Waals surface area contributed by atoms with E-state index in [1.807, 2.05) is 30.3 Å². The second-order valence-corrected chi connectivity index (χ2v) is 8.25. The van der Waals surface area contributed by atoms with Crippen molar-refractivity contribution < 1.29 is 31.4 Å². The van der Waals surface area contributed by atoms with Crippen LogP contribution in [0, 0.1) is 5.92 Å². The van der Waals surface area contributed by atoms with Gasteiger partial charge in [-0.15, -0.1) is 0 Å². The molecule has 0 fully saturated rings. The van der Waals surface area contributed by atoms with E-state index in [0.717, 1.165) is 11.8 Å². The van der Waals surface area contributed by atoms with Crippen molar-refractivity contribution in [2.45, 2.75) is 32.0 Å². The molecule has 146 valence electrons. The molecular formula is C17H25O7PS. The minimum absolute atomic E-state index is 0.129. The standard InChI is InChI=1S/C17H25O7PS/c1-4-22-16(18)15(12-11-14-9-7-6-8-10-14)17(25-19,23-5-2)13-24-26(3,20)21/h6-10,15H,4-5,11-13H2,1-3H3. The number of carbonyl (C=O) groups is 1. The van der Waals surface area contributed by atoms with E-state index in [2.05, 4.69) is 0 Å². The first-order valence-corrected chi connectivity index (χ1v) is 10.9. The lowest BCUT2D eigenvalue weighted by Crippen LogP contribution is -2.45. The van der Waals surface area contributed by atoms with Gasteiger partial charge in [-0.25, -0.2) is 0 Å². The van der Waals surface area contributed by atoms with E-state index in [0.29, 0.717) is 6.42 Å². The van der Waals surface area contributed by atoms with Gasteiger partial charge in [-0.3, -0.25) is 13.5 Å². The molecule has 26 heavy (non-hydrogen) atoms. The van der Waals surface area contributed by atoms with Crippen LogP contribution in [0.3, 0.4) is 0 Å². The fraction of sp³-hybridized carbons (Fsp3) is 0.588. The average Bonchev–Trinajstić information content (AvgIpc) is 2.60. The molecule has 0 spiro atoms. The Kier molecular flexibility index (Phi) is 9.36. The number of aryl methyl sites for hydroxylation is 1. The molecule has 1 aromatic carbocycles. The molecule has 1 aromatic rings. The highest BCUT2D eigenvalue weighted by Gasteiger charge is 2.47. The van der Waals surface area contributed by atoms with Crippen molar-refractivity contribution in [2.24, 2.45) is 5.92 Å². The van der Waals surface area contributed by atoms with Crippen molar-refractivity contribution in [1.82, 2.24) is 0 Å². The van der Waals surface area contributed by atoms with Crippen LogP contribution in [0.1, 0.15) is 25.8 Å². The molecule has 0 aliphatic rings. The Labute approximate surface area is 156 Å². The van der Waals surface area contributed by atoms with Gasteiger partial charge in [-0.05, 0) is 32.3 Å². The third-order valence-electron chi connectivity index (χ3n) is 3.71. The van der Waals surface area contributed by atoms with Crippen LogP contribution in [-0.2, 0) is 39.6 Å². The summed E-state index contributed by atoms with van der Waals surface area (Å²) in [6, 6.07) is 9.46. The summed E-state index contributed by atoms with van der Waals surface area (Å²) < 4.78 is 50.3. The molecule has 7 nitrogen and oxygen atoms in total. The lowest BCUT2D eigenvalue weighted by molar-refractivity contribution is -0.158. The highest BCUT2D eigenvalue weighted by Crippen LogP contribution is 2.38. The molecular weight excluding hydrogens is 379 g/mol. The summed E-state index contributed by atoms with van der Waals surface area (Å²) in [7, 11) is -4.34. The van der Waals surface area contributed by atoms with E-state index in [4.69, 9.17) is 13.7 Å². The monoisotopic (exact) mass is 404 g/mol. The van der Waals surface area contributed by atoms with E-state index in [-0.39, 0.29) is 19.6 Å². The highest BCUT2D eigenvalue weighted by atomic mass is 32.2. The average molecular weight is 404 g/mol. The zero-order chi connectivity index (χ0) is 19.6. The van der Waals surface area contributed by atoms with Gasteiger partial charge in [0.1, 0.15) is 6.61 Å². The van der Waals surface area contributed by atoms with Gasteiger partial charge in [0.25, 0.3) is 10.1 Å². The molecule has 0 saturated heterocycles. The second-order valence-electron chi connectivity index (χ2n) is 5.66. The normalized spacial score (nSPS) is 15.3. The SMILES string of the molecule is CCOC(=O)C(CCc1ccccc1)C(COS(C)(=O)=O)(OCC)P=O. The second kappa shape index (κ2) is 10.7. The lowest BCUT2D eigenvalue weighted by atomic mass is 9.93. The largest absolute Gasteiger partial charge is 0.466 e. The molecule has 0 aromatic heterocycles. The first-order chi connectivity index (χ1) is 12.3. The summed E-state index contributed by atoms with van der Waals surface area (Å²) in [6.45, 7) is 3.06. The van der Waals surface area contributed by atoms with Crippen LogP contribution in [0.4, 0.5) is 0 Å². The van der Waals surface area contributed by atoms with Crippen molar-refractivity contribution in [2.75, 3.05) is 26.1 Å². The zero-order valence-electron chi connectivity index (χ0n) is 15.2. The first-order valence-electron chi connectivity index (χ1n) is 8.31. The summed E-state index contributed by atoms with van der Waals surface area (Å²) in [5.41, 5.74) is 0.985. The van der Waals surface area contributed by atoms with Crippen LogP contribution in [-0.4, -0.2) is 45.8 Å². The molecule has 2 unspecified atom stereocenters. The Balaban J connectivity index is 3.13. The predicted molar refractivity (Wildman–Crippen MR) is 97.6 cm³/mol. The van der Waals surface area contributed by atoms with Crippen molar-refractivity contribution in [3.05, 3.63) is 35.9 Å². The van der Waals surface area contributed by atoms with Gasteiger partial charge in [-0.2, -0.15) is 8.42 Å². The first kappa shape index (κ1) is 22.7. The highest BCUT2D eigenvalue weighted by molar-refractivity contribution is 7.86. The maximum Gasteiger partial charge on any atom is 0.312 e. The van der Waals surface area contributed by atoms with E-state index >= 15 is 0 Å². The van der Waals surface area contributed by atoms with Gasteiger partial charge >= 0.3 is 5.97 Å². The molecule has 0 aliphatic carbocycles. The minimum Gasteiger partial charge on any atom is -0.466 e. The van der Waals surface area contributed by atoms with E-state index in [1.165, 1.54) is 0 Å². The van der Waals surface area contributed by atoms with Gasteiger partial charge in [0.15, 0.2) is 13.8 Å². The quantitative estimate of drug-likeness (QED) is 0.300. The summed E-state index contributed by atoms with van der Waals surface area (Å²) in [5, 5.41) is -1.64. The molecule has 0 N–H and O–H groups in total. The Morgan fingerprint density at radius 3 is 2.35 bits per heavy atom. The molecule has 2 atom stereocenters. The number of hydrogen-bond donors (Lipinski definition) is 0. The van der Waals surface area contributed by atoms with Crippen LogP contribution in [0.25, 0.3) is 0 Å². The van der Waals surface area contributed by atoms with Crippen LogP contribution >= 0.6 is 8.46 Å². The van der Waals surface area contributed by atoms with Crippen LogP contribution in [0.5, 0.6) is 0 Å². The minimum atomic E-state index is -3.80. The smallest absolute Gasteiger partial charge is 0.312 e. The molecule has 0 saturated carbocycles. The van der Waals surface area contributed by atoms with Gasteiger partial charge in [-0.1, -0.05) is 30.3 Å². The molecule has 0 aliphatic heterocycles. The summed E-state index contributed by atoms with van der Waals surface area (Å²) >= 11 is 0. The van der Waals surface area contributed by atoms with Gasteiger partial charge in [0.05, 0.1) is 18.8 Å². The number of ether oxygens (including phenoxy) is 2. The van der Waals surface area contributed by atoms with Gasteiger partial charge in [0, 0.05) is 6.61 Å². The Morgan fingerprint density at radius 1 is 1.19 bits per heavy atom. The Bertz CT molecular complexity index is 678. The maximum atomic E-state index is 12.5. The van der Waals surface area contributed by atoms with Crippen molar-refractivity contribution in [3.8, 4) is 0 Å². The molecule has 0 bridgehead atoms. The van der Waals surface area contributed by atoms with E-state index < -0.39 is 42.4 Å². The summed E-state index contributed by atoms with van der Waals surface area (Å²) in [4.78, 5) is 12.5. The fourth-order valence-electron chi connectivity index (χ4n) is 2.53. The van der Waals surface area contributed by atoms with Gasteiger partial charge in [0.2, 0.25) is 0 Å². The van der Waals surface area contributed by atoms with Crippen LogP contribution < -0.4 is 0 Å². The number of benzene rings is 1. The van der Waals surface area contributed by atoms with Crippen LogP contribution in [0.15, 0.2) is 30.3 Å². The van der Waals surface area contributed by atoms with Crippen molar-refractivity contribution in [1.29, 1.82) is 0 Å². The lowest BCUT2D eigenvalue weighted by Gasteiger charge is -2.32. The van der Waals surface area contributed by atoms with E-state index in [1.54, 1.807) is 13.8 Å². The Hall–Kier alpha value is -1.34. The third-order valence-corrected chi connectivity index (χ3v) is 5.13. The molecule has 9 heteroatoms. The fourth-order valence-corrected chi connectivity index (χ4v) is 3.66. The number of hydrogen-bond acceptors (Lipinski definition) is 7. The van der Waals surface area contributed by atoms with Crippen molar-refractivity contribution in [3.63, 3.8) is 0 Å². The summed E-state index contributed by atoms with van der Waals surface area (Å²) in [5.74, 6) is -1.55. The maximum absolute atomic E-state index is 12.5. The molecule has 0 amide bonds. The van der Waals surface area contributed by atoms with E-state index in [9.17, 15) is 17.8 Å². The summed E-state index contributed by atoms with van der Waals surface area (Å²) in [6.07, 6.45) is 1.66. The predicted octanol–water partition coefficient (Wildman–Crippen LogP) is 2.80. The number of carbonyl (C=O) groups excluding carboxylic acids is 1. The van der Waals surface area contributed by atoms with Gasteiger partial charge < -0.3 is 9.47 Å².